The van der Waals surface area contributed by atoms with Crippen molar-refractivity contribution in [3.63, 3.8) is 0 Å². The number of fused-ring (bicyclic) bond motifs is 2. The molecule has 6 heteroatoms. The number of carboxylic acids is 1. The third kappa shape index (κ3) is 3.24. The van der Waals surface area contributed by atoms with Crippen molar-refractivity contribution in [2.45, 2.75) is 26.9 Å². The van der Waals surface area contributed by atoms with Crippen molar-refractivity contribution >= 4 is 27.8 Å². The second kappa shape index (κ2) is 7.39. The van der Waals surface area contributed by atoms with E-state index in [1.54, 1.807) is 6.07 Å². The van der Waals surface area contributed by atoms with E-state index in [-0.39, 0.29) is 11.7 Å². The molecule has 0 radical (unpaired) electrons. The molecular formula is C25H23NO5. The largest absolute Gasteiger partial charge is 0.490 e. The standard InChI is InChI=1S/C25H23NO5/c1-13-8-9-21(30-15(3)16-11-29-12-16)22-18(25(27)28)10-19(26-23(13)22)24-14(2)17-6-4-5-7-20(17)31-24/h4-10,15-16H,11-12H2,1-3H3,(H,27,28)/t15-/m0/s1. The van der Waals surface area contributed by atoms with Crippen molar-refractivity contribution in [2.24, 2.45) is 5.92 Å². The number of para-hydroxylation sites is 1. The van der Waals surface area contributed by atoms with Gasteiger partial charge in [0, 0.05) is 16.9 Å². The molecule has 0 bridgehead atoms. The molecule has 3 heterocycles. The van der Waals surface area contributed by atoms with Gasteiger partial charge >= 0.3 is 5.97 Å². The predicted octanol–water partition coefficient (Wildman–Crippen LogP) is 5.38. The van der Waals surface area contributed by atoms with E-state index in [0.717, 1.165) is 22.1 Å². The van der Waals surface area contributed by atoms with Gasteiger partial charge in [0.2, 0.25) is 0 Å². The molecular weight excluding hydrogens is 394 g/mol. The minimum atomic E-state index is -1.03. The summed E-state index contributed by atoms with van der Waals surface area (Å²) in [5.74, 6) is 0.377. The van der Waals surface area contributed by atoms with E-state index >= 15 is 0 Å². The van der Waals surface area contributed by atoms with Gasteiger partial charge in [0.1, 0.15) is 23.1 Å². The van der Waals surface area contributed by atoms with Crippen molar-refractivity contribution in [1.29, 1.82) is 0 Å². The maximum Gasteiger partial charge on any atom is 0.336 e. The van der Waals surface area contributed by atoms with Crippen LogP contribution in [0.5, 0.6) is 5.75 Å². The third-order valence-electron chi connectivity index (χ3n) is 6.07. The Hall–Kier alpha value is -3.38. The van der Waals surface area contributed by atoms with Crippen molar-refractivity contribution in [2.75, 3.05) is 13.2 Å². The van der Waals surface area contributed by atoms with Crippen LogP contribution in [0.1, 0.15) is 28.4 Å². The first-order chi connectivity index (χ1) is 14.9. The van der Waals surface area contributed by atoms with Crippen molar-refractivity contribution in [3.05, 3.63) is 59.2 Å². The van der Waals surface area contributed by atoms with Gasteiger partial charge in [0.05, 0.1) is 29.7 Å². The average molecular weight is 417 g/mol. The molecule has 0 aliphatic carbocycles. The second-order valence-corrected chi connectivity index (χ2v) is 8.14. The van der Waals surface area contributed by atoms with Gasteiger partial charge in [-0.1, -0.05) is 24.3 Å². The smallest absolute Gasteiger partial charge is 0.336 e. The van der Waals surface area contributed by atoms with E-state index in [1.165, 1.54) is 0 Å². The summed E-state index contributed by atoms with van der Waals surface area (Å²) in [7, 11) is 0. The van der Waals surface area contributed by atoms with Gasteiger partial charge in [-0.15, -0.1) is 0 Å². The molecule has 1 aliphatic heterocycles. The number of aryl methyl sites for hydroxylation is 2. The summed E-state index contributed by atoms with van der Waals surface area (Å²) in [6.07, 6.45) is -0.0846. The van der Waals surface area contributed by atoms with Crippen LogP contribution in [0.25, 0.3) is 33.3 Å². The fraction of sp³-hybridized carbons (Fsp3) is 0.280. The van der Waals surface area contributed by atoms with E-state index < -0.39 is 5.97 Å². The molecule has 0 unspecified atom stereocenters. The summed E-state index contributed by atoms with van der Waals surface area (Å²) >= 11 is 0. The molecule has 1 saturated heterocycles. The first-order valence-corrected chi connectivity index (χ1v) is 10.3. The summed E-state index contributed by atoms with van der Waals surface area (Å²) in [5.41, 5.74) is 3.81. The fourth-order valence-corrected chi connectivity index (χ4v) is 4.07. The molecule has 4 aromatic rings. The second-order valence-electron chi connectivity index (χ2n) is 8.14. The van der Waals surface area contributed by atoms with Gasteiger partial charge in [-0.3, -0.25) is 0 Å². The lowest BCUT2D eigenvalue weighted by molar-refractivity contribution is -0.0774. The number of pyridine rings is 1. The van der Waals surface area contributed by atoms with Crippen molar-refractivity contribution < 1.29 is 23.8 Å². The zero-order chi connectivity index (χ0) is 21.7. The lowest BCUT2D eigenvalue weighted by atomic mass is 10.00. The van der Waals surface area contributed by atoms with E-state index in [2.05, 4.69) is 0 Å². The topological polar surface area (TPSA) is 81.8 Å². The lowest BCUT2D eigenvalue weighted by Gasteiger charge is -2.32. The van der Waals surface area contributed by atoms with Crippen LogP contribution in [0.3, 0.4) is 0 Å². The highest BCUT2D eigenvalue weighted by atomic mass is 16.5. The molecule has 0 saturated carbocycles. The molecule has 1 fully saturated rings. The van der Waals surface area contributed by atoms with Crippen LogP contribution in [-0.2, 0) is 4.74 Å². The van der Waals surface area contributed by atoms with Gasteiger partial charge in [-0.05, 0) is 44.5 Å². The van der Waals surface area contributed by atoms with Gasteiger partial charge in [-0.25, -0.2) is 9.78 Å². The monoisotopic (exact) mass is 417 g/mol. The van der Waals surface area contributed by atoms with E-state index in [1.807, 2.05) is 57.2 Å². The molecule has 158 valence electrons. The Kier molecular flexibility index (Phi) is 4.67. The van der Waals surface area contributed by atoms with E-state index in [4.69, 9.17) is 18.9 Å². The molecule has 0 spiro atoms. The highest BCUT2D eigenvalue weighted by molar-refractivity contribution is 6.07. The number of ether oxygens (including phenoxy) is 2. The normalized spacial score (nSPS) is 15.2. The molecule has 0 amide bonds. The fourth-order valence-electron chi connectivity index (χ4n) is 4.07. The maximum atomic E-state index is 12.3. The zero-order valence-electron chi connectivity index (χ0n) is 17.6. The Morgan fingerprint density at radius 1 is 1.19 bits per heavy atom. The summed E-state index contributed by atoms with van der Waals surface area (Å²) < 4.78 is 17.5. The van der Waals surface area contributed by atoms with E-state index in [9.17, 15) is 9.90 Å². The third-order valence-corrected chi connectivity index (χ3v) is 6.07. The number of carboxylic acid groups (broad SMARTS) is 1. The van der Waals surface area contributed by atoms with Gasteiger partial charge in [0.15, 0.2) is 5.76 Å². The summed E-state index contributed by atoms with van der Waals surface area (Å²) in [6.45, 7) is 7.18. The number of furan rings is 1. The predicted molar refractivity (Wildman–Crippen MR) is 118 cm³/mol. The number of hydrogen-bond donors (Lipinski definition) is 1. The van der Waals surface area contributed by atoms with Crippen LogP contribution in [-0.4, -0.2) is 35.4 Å². The quantitative estimate of drug-likeness (QED) is 0.470. The van der Waals surface area contributed by atoms with Gasteiger partial charge in [-0.2, -0.15) is 0 Å². The van der Waals surface area contributed by atoms with Crippen molar-refractivity contribution in [3.8, 4) is 17.2 Å². The number of hydrogen-bond acceptors (Lipinski definition) is 5. The number of aromatic nitrogens is 1. The molecule has 2 aromatic carbocycles. The minimum absolute atomic E-state index is 0.0846. The summed E-state index contributed by atoms with van der Waals surface area (Å²) in [4.78, 5) is 17.1. The van der Waals surface area contributed by atoms with Crippen LogP contribution in [0.15, 0.2) is 46.9 Å². The summed E-state index contributed by atoms with van der Waals surface area (Å²) in [6, 6.07) is 13.1. The first kappa shape index (κ1) is 19.6. The Labute approximate surface area is 179 Å². The highest BCUT2D eigenvalue weighted by Crippen LogP contribution is 2.38. The lowest BCUT2D eigenvalue weighted by Crippen LogP contribution is -2.39. The van der Waals surface area contributed by atoms with Crippen molar-refractivity contribution in [1.82, 2.24) is 4.98 Å². The molecule has 5 rings (SSSR count). The van der Waals surface area contributed by atoms with E-state index in [0.29, 0.717) is 47.2 Å². The number of nitrogens with zero attached hydrogens (tertiary/aromatic N) is 1. The van der Waals surface area contributed by atoms with Gasteiger partial charge in [0.25, 0.3) is 0 Å². The van der Waals surface area contributed by atoms with Gasteiger partial charge < -0.3 is 19.0 Å². The molecule has 2 aromatic heterocycles. The Morgan fingerprint density at radius 3 is 2.65 bits per heavy atom. The van der Waals surface area contributed by atoms with Crippen LogP contribution in [0, 0.1) is 19.8 Å². The first-order valence-electron chi connectivity index (χ1n) is 10.3. The maximum absolute atomic E-state index is 12.3. The van der Waals surface area contributed by atoms with Crippen LogP contribution in [0.2, 0.25) is 0 Å². The van der Waals surface area contributed by atoms with Crippen LogP contribution < -0.4 is 4.74 Å². The Bertz CT molecular complexity index is 1320. The SMILES string of the molecule is Cc1c(-c2cc(C(=O)O)c3c(O[C@@H](C)C4COC4)ccc(C)c3n2)oc2ccccc12. The average Bonchev–Trinajstić information content (AvgIpc) is 3.05. The van der Waals surface area contributed by atoms with Crippen LogP contribution >= 0.6 is 0 Å². The molecule has 6 nitrogen and oxygen atoms in total. The molecule has 31 heavy (non-hydrogen) atoms. The molecule has 1 N–H and O–H groups in total. The molecule has 1 atom stereocenters. The minimum Gasteiger partial charge on any atom is -0.490 e. The number of rotatable bonds is 5. The zero-order valence-corrected chi connectivity index (χ0v) is 17.6. The highest BCUT2D eigenvalue weighted by Gasteiger charge is 2.28. The number of carbonyl (C=O) groups is 1. The number of benzene rings is 2. The number of aromatic carboxylic acids is 1. The Balaban J connectivity index is 1.71. The molecule has 1 aliphatic rings. The summed E-state index contributed by atoms with van der Waals surface area (Å²) in [5, 5.41) is 11.5. The van der Waals surface area contributed by atoms with Crippen LogP contribution in [0.4, 0.5) is 0 Å². The Morgan fingerprint density at radius 2 is 1.97 bits per heavy atom.